The van der Waals surface area contributed by atoms with Crippen molar-refractivity contribution in [2.24, 2.45) is 0 Å². The molecule has 1 fully saturated rings. The zero-order valence-corrected chi connectivity index (χ0v) is 11.7. The highest BCUT2D eigenvalue weighted by molar-refractivity contribution is 5.89. The minimum Gasteiger partial charge on any atom is -0.427 e. The van der Waals surface area contributed by atoms with E-state index in [1.54, 1.807) is 34.1 Å². The number of carbonyl (C=O) groups excluding carboxylic acids is 3. The molecule has 0 aromatic heterocycles. The number of carbonyl (C=O) groups is 3. The number of ether oxygens (including phenoxy) is 1. The maximum Gasteiger partial charge on any atom is 0.321 e. The zero-order chi connectivity index (χ0) is 15.2. The smallest absolute Gasteiger partial charge is 0.321 e. The van der Waals surface area contributed by atoms with Gasteiger partial charge in [-0.3, -0.25) is 9.59 Å². The second-order valence-electron chi connectivity index (χ2n) is 4.68. The van der Waals surface area contributed by atoms with Gasteiger partial charge in [-0.25, -0.2) is 4.79 Å². The van der Waals surface area contributed by atoms with Crippen LogP contribution in [0.1, 0.15) is 6.92 Å². The van der Waals surface area contributed by atoms with Crippen LogP contribution in [-0.2, 0) is 9.59 Å². The van der Waals surface area contributed by atoms with Crippen molar-refractivity contribution < 1.29 is 19.1 Å². The van der Waals surface area contributed by atoms with Crippen LogP contribution < -0.4 is 10.1 Å². The lowest BCUT2D eigenvalue weighted by Gasteiger charge is -2.32. The zero-order valence-electron chi connectivity index (χ0n) is 11.7. The van der Waals surface area contributed by atoms with Crippen molar-refractivity contribution in [3.8, 4) is 5.75 Å². The predicted molar refractivity (Wildman–Crippen MR) is 76.0 cm³/mol. The summed E-state index contributed by atoms with van der Waals surface area (Å²) in [6.07, 6.45) is 0.789. The third-order valence-electron chi connectivity index (χ3n) is 3.10. The Balaban J connectivity index is 1.93. The average molecular weight is 291 g/mol. The highest BCUT2D eigenvalue weighted by Gasteiger charge is 2.20. The predicted octanol–water partition coefficient (Wildman–Crippen LogP) is 0.918. The van der Waals surface area contributed by atoms with Gasteiger partial charge >= 0.3 is 12.0 Å². The van der Waals surface area contributed by atoms with Crippen molar-refractivity contribution in [2.45, 2.75) is 6.92 Å². The van der Waals surface area contributed by atoms with Gasteiger partial charge in [0.1, 0.15) is 5.75 Å². The molecule has 0 saturated carbocycles. The summed E-state index contributed by atoms with van der Waals surface area (Å²) < 4.78 is 4.96. The fourth-order valence-corrected chi connectivity index (χ4v) is 2.04. The fourth-order valence-electron chi connectivity index (χ4n) is 2.04. The molecular weight excluding hydrogens is 274 g/mol. The monoisotopic (exact) mass is 291 g/mol. The molecule has 0 spiro atoms. The van der Waals surface area contributed by atoms with Crippen molar-refractivity contribution >= 4 is 24.1 Å². The molecular formula is C14H17N3O4. The fraction of sp³-hybridized carbons (Fsp3) is 0.357. The third-order valence-corrected chi connectivity index (χ3v) is 3.10. The molecule has 1 saturated heterocycles. The molecule has 0 aliphatic carbocycles. The topological polar surface area (TPSA) is 79.0 Å². The lowest BCUT2D eigenvalue weighted by Crippen LogP contribution is -2.49. The number of nitrogens with one attached hydrogen (secondary N) is 1. The highest BCUT2D eigenvalue weighted by atomic mass is 16.5. The molecule has 0 atom stereocenters. The maximum atomic E-state index is 12.1. The molecule has 1 aromatic rings. The highest BCUT2D eigenvalue weighted by Crippen LogP contribution is 2.18. The number of anilines is 1. The molecule has 0 radical (unpaired) electrons. The summed E-state index contributed by atoms with van der Waals surface area (Å²) in [5.74, 6) is -0.0328. The van der Waals surface area contributed by atoms with Gasteiger partial charge in [0.15, 0.2) is 0 Å². The molecule has 1 N–H and O–H groups in total. The van der Waals surface area contributed by atoms with E-state index in [1.165, 1.54) is 6.92 Å². The number of nitrogens with zero attached hydrogens (tertiary/aromatic N) is 2. The first-order valence-electron chi connectivity index (χ1n) is 6.62. The molecule has 1 aromatic carbocycles. The Hall–Kier alpha value is -2.57. The third kappa shape index (κ3) is 4.20. The Kier molecular flexibility index (Phi) is 4.76. The SMILES string of the molecule is CC(=O)Oc1cccc(NC(=O)N2CCN(C=O)CC2)c1. The van der Waals surface area contributed by atoms with Crippen LogP contribution in [-0.4, -0.2) is 54.4 Å². The second-order valence-corrected chi connectivity index (χ2v) is 4.68. The van der Waals surface area contributed by atoms with Crippen molar-refractivity contribution in [1.82, 2.24) is 9.80 Å². The van der Waals surface area contributed by atoms with E-state index >= 15 is 0 Å². The summed E-state index contributed by atoms with van der Waals surface area (Å²) in [4.78, 5) is 36.9. The van der Waals surface area contributed by atoms with E-state index in [4.69, 9.17) is 4.74 Å². The van der Waals surface area contributed by atoms with Gasteiger partial charge in [0.2, 0.25) is 6.41 Å². The maximum absolute atomic E-state index is 12.1. The van der Waals surface area contributed by atoms with Crippen molar-refractivity contribution in [2.75, 3.05) is 31.5 Å². The molecule has 7 heteroatoms. The van der Waals surface area contributed by atoms with Gasteiger partial charge in [0.25, 0.3) is 0 Å². The standard InChI is InChI=1S/C14H17N3O4/c1-11(19)21-13-4-2-3-12(9-13)15-14(20)17-7-5-16(10-18)6-8-17/h2-4,9-10H,5-8H2,1H3,(H,15,20). The van der Waals surface area contributed by atoms with Crippen LogP contribution in [0.5, 0.6) is 5.75 Å². The van der Waals surface area contributed by atoms with Crippen LogP contribution in [0.15, 0.2) is 24.3 Å². The lowest BCUT2D eigenvalue weighted by molar-refractivity contribution is -0.131. The van der Waals surface area contributed by atoms with Crippen molar-refractivity contribution in [3.05, 3.63) is 24.3 Å². The molecule has 1 aliphatic rings. The molecule has 0 unspecified atom stereocenters. The minimum absolute atomic E-state index is 0.236. The van der Waals surface area contributed by atoms with E-state index in [2.05, 4.69) is 5.32 Å². The Morgan fingerprint density at radius 2 is 1.95 bits per heavy atom. The number of hydrogen-bond donors (Lipinski definition) is 1. The van der Waals surface area contributed by atoms with Crippen LogP contribution in [0.25, 0.3) is 0 Å². The van der Waals surface area contributed by atoms with Crippen LogP contribution in [0, 0.1) is 0 Å². The summed E-state index contributed by atoms with van der Waals surface area (Å²) in [7, 11) is 0. The molecule has 7 nitrogen and oxygen atoms in total. The summed E-state index contributed by atoms with van der Waals surface area (Å²) in [6, 6.07) is 6.39. The summed E-state index contributed by atoms with van der Waals surface area (Å²) in [6.45, 7) is 3.37. The number of urea groups is 1. The van der Waals surface area contributed by atoms with E-state index in [0.717, 1.165) is 6.41 Å². The van der Waals surface area contributed by atoms with Crippen LogP contribution >= 0.6 is 0 Å². The van der Waals surface area contributed by atoms with E-state index in [1.807, 2.05) is 0 Å². The number of benzene rings is 1. The number of piperazine rings is 1. The lowest BCUT2D eigenvalue weighted by atomic mass is 10.3. The van der Waals surface area contributed by atoms with Gasteiger partial charge < -0.3 is 19.9 Å². The molecule has 21 heavy (non-hydrogen) atoms. The Morgan fingerprint density at radius 3 is 2.57 bits per heavy atom. The minimum atomic E-state index is -0.413. The second kappa shape index (κ2) is 6.74. The molecule has 2 rings (SSSR count). The summed E-state index contributed by atoms with van der Waals surface area (Å²) in [5, 5.41) is 2.75. The molecule has 112 valence electrons. The molecule has 3 amide bonds. The van der Waals surface area contributed by atoms with E-state index in [-0.39, 0.29) is 6.03 Å². The van der Waals surface area contributed by atoms with E-state index in [0.29, 0.717) is 37.6 Å². The van der Waals surface area contributed by atoms with Crippen molar-refractivity contribution in [1.29, 1.82) is 0 Å². The van der Waals surface area contributed by atoms with Gasteiger partial charge in [-0.2, -0.15) is 0 Å². The Bertz CT molecular complexity index is 539. The number of hydrogen-bond acceptors (Lipinski definition) is 4. The normalized spacial score (nSPS) is 14.5. The first-order chi connectivity index (χ1) is 10.1. The largest absolute Gasteiger partial charge is 0.427 e. The number of amides is 3. The van der Waals surface area contributed by atoms with Crippen LogP contribution in [0.4, 0.5) is 10.5 Å². The van der Waals surface area contributed by atoms with Gasteiger partial charge in [-0.1, -0.05) is 6.07 Å². The molecule has 1 aliphatic heterocycles. The van der Waals surface area contributed by atoms with E-state index in [9.17, 15) is 14.4 Å². The summed E-state index contributed by atoms with van der Waals surface area (Å²) >= 11 is 0. The number of rotatable bonds is 3. The quantitative estimate of drug-likeness (QED) is 0.510. The average Bonchev–Trinajstić information content (AvgIpc) is 2.47. The summed E-state index contributed by atoms with van der Waals surface area (Å²) in [5.41, 5.74) is 0.552. The van der Waals surface area contributed by atoms with Crippen molar-refractivity contribution in [3.63, 3.8) is 0 Å². The molecule has 0 bridgehead atoms. The van der Waals surface area contributed by atoms with Gasteiger partial charge in [-0.05, 0) is 12.1 Å². The van der Waals surface area contributed by atoms with Crippen LogP contribution in [0.2, 0.25) is 0 Å². The Morgan fingerprint density at radius 1 is 1.24 bits per heavy atom. The van der Waals surface area contributed by atoms with Crippen LogP contribution in [0.3, 0.4) is 0 Å². The molecule has 1 heterocycles. The van der Waals surface area contributed by atoms with E-state index < -0.39 is 5.97 Å². The van der Waals surface area contributed by atoms with Gasteiger partial charge in [0.05, 0.1) is 0 Å². The number of esters is 1. The van der Waals surface area contributed by atoms with Gasteiger partial charge in [0, 0.05) is 44.9 Å². The van der Waals surface area contributed by atoms with Gasteiger partial charge in [-0.15, -0.1) is 0 Å². The first-order valence-corrected chi connectivity index (χ1v) is 6.62. The first kappa shape index (κ1) is 14.8. The Labute approximate surface area is 122 Å².